The van der Waals surface area contributed by atoms with Gasteiger partial charge in [-0.1, -0.05) is 0 Å². The second kappa shape index (κ2) is 7.28. The molecule has 0 aromatic carbocycles. The van der Waals surface area contributed by atoms with Crippen molar-refractivity contribution in [3.05, 3.63) is 0 Å². The number of rotatable bonds is 2. The number of ether oxygens (including phenoxy) is 2. The van der Waals surface area contributed by atoms with E-state index in [4.69, 9.17) is 4.74 Å². The summed E-state index contributed by atoms with van der Waals surface area (Å²) >= 11 is 0. The van der Waals surface area contributed by atoms with Crippen LogP contribution in [0.1, 0.15) is 33.6 Å². The smallest absolute Gasteiger partial charge is 0.434 e. The normalized spacial score (nSPS) is 17.6. The molecule has 1 heterocycles. The zero-order valence-corrected chi connectivity index (χ0v) is 13.8. The standard InChI is InChI=1S/C14H19F6NO4/c1-12(2,3)25-11(23)21-6-4-8(5-7-21)9(22)24-10(13(15,16)17)14(18,19)20/h8,10H,4-7H2,1-3H3. The van der Waals surface area contributed by atoms with Crippen molar-refractivity contribution in [2.75, 3.05) is 13.1 Å². The highest BCUT2D eigenvalue weighted by Crippen LogP contribution is 2.36. The fraction of sp³-hybridized carbons (Fsp3) is 0.857. The Labute approximate surface area is 140 Å². The van der Waals surface area contributed by atoms with E-state index >= 15 is 0 Å². The number of likely N-dealkylation sites (tertiary alicyclic amines) is 1. The third kappa shape index (κ3) is 6.62. The number of halogens is 6. The van der Waals surface area contributed by atoms with Gasteiger partial charge in [0, 0.05) is 13.1 Å². The van der Waals surface area contributed by atoms with Crippen LogP contribution < -0.4 is 0 Å². The van der Waals surface area contributed by atoms with Crippen molar-refractivity contribution in [2.24, 2.45) is 5.92 Å². The van der Waals surface area contributed by atoms with Crippen molar-refractivity contribution in [3.8, 4) is 0 Å². The third-order valence-corrected chi connectivity index (χ3v) is 3.31. The van der Waals surface area contributed by atoms with Crippen LogP contribution in [0.15, 0.2) is 0 Å². The number of hydrogen-bond donors (Lipinski definition) is 0. The first-order valence-electron chi connectivity index (χ1n) is 7.43. The predicted molar refractivity (Wildman–Crippen MR) is 72.5 cm³/mol. The largest absolute Gasteiger partial charge is 0.444 e. The van der Waals surface area contributed by atoms with Gasteiger partial charge in [-0.3, -0.25) is 4.79 Å². The molecule has 146 valence electrons. The average molecular weight is 379 g/mol. The minimum atomic E-state index is -5.74. The molecule has 1 amide bonds. The van der Waals surface area contributed by atoms with Crippen LogP contribution in [-0.2, 0) is 14.3 Å². The van der Waals surface area contributed by atoms with Gasteiger partial charge in [-0.2, -0.15) is 26.3 Å². The number of carbonyl (C=O) groups excluding carboxylic acids is 2. The Morgan fingerprint density at radius 2 is 1.40 bits per heavy atom. The van der Waals surface area contributed by atoms with Gasteiger partial charge in [-0.15, -0.1) is 0 Å². The first kappa shape index (κ1) is 21.4. The lowest BCUT2D eigenvalue weighted by atomic mass is 9.97. The molecule has 0 aromatic rings. The number of carbonyl (C=O) groups is 2. The van der Waals surface area contributed by atoms with Crippen LogP contribution in [0.4, 0.5) is 31.1 Å². The van der Waals surface area contributed by atoms with Gasteiger partial charge in [-0.25, -0.2) is 4.79 Å². The van der Waals surface area contributed by atoms with Crippen LogP contribution in [0.5, 0.6) is 0 Å². The van der Waals surface area contributed by atoms with Crippen molar-refractivity contribution >= 4 is 12.1 Å². The lowest BCUT2D eigenvalue weighted by Crippen LogP contribution is -2.48. The Hall–Kier alpha value is -1.68. The lowest BCUT2D eigenvalue weighted by Gasteiger charge is -2.33. The fourth-order valence-corrected chi connectivity index (χ4v) is 2.16. The fourth-order valence-electron chi connectivity index (χ4n) is 2.16. The molecule has 1 aliphatic heterocycles. The van der Waals surface area contributed by atoms with Gasteiger partial charge in [0.15, 0.2) is 0 Å². The van der Waals surface area contributed by atoms with E-state index in [9.17, 15) is 35.9 Å². The zero-order chi connectivity index (χ0) is 19.6. The second-order valence-corrected chi connectivity index (χ2v) is 6.64. The lowest BCUT2D eigenvalue weighted by molar-refractivity contribution is -0.314. The van der Waals surface area contributed by atoms with E-state index in [1.54, 1.807) is 20.8 Å². The Balaban J connectivity index is 2.62. The molecule has 0 aromatic heterocycles. The summed E-state index contributed by atoms with van der Waals surface area (Å²) in [5, 5.41) is 0. The maximum Gasteiger partial charge on any atom is 0.434 e. The molecule has 0 spiro atoms. The first-order valence-corrected chi connectivity index (χ1v) is 7.43. The molecule has 1 fully saturated rings. The predicted octanol–water partition coefficient (Wildman–Crippen LogP) is 3.67. The summed E-state index contributed by atoms with van der Waals surface area (Å²) in [4.78, 5) is 24.7. The molecule has 0 unspecified atom stereocenters. The molecule has 0 bridgehead atoms. The molecule has 5 nitrogen and oxygen atoms in total. The van der Waals surface area contributed by atoms with E-state index in [-0.39, 0.29) is 25.9 Å². The molecule has 0 saturated carbocycles. The molecule has 0 radical (unpaired) electrons. The van der Waals surface area contributed by atoms with Crippen LogP contribution >= 0.6 is 0 Å². The molecular formula is C14H19F6NO4. The number of amides is 1. The maximum absolute atomic E-state index is 12.4. The molecule has 1 aliphatic rings. The number of nitrogens with zero attached hydrogens (tertiary/aromatic N) is 1. The topological polar surface area (TPSA) is 55.8 Å². The van der Waals surface area contributed by atoms with Gasteiger partial charge >= 0.3 is 24.4 Å². The summed E-state index contributed by atoms with van der Waals surface area (Å²) in [6, 6.07) is 0. The molecule has 0 atom stereocenters. The summed E-state index contributed by atoms with van der Waals surface area (Å²) in [5.74, 6) is -2.73. The first-order chi connectivity index (χ1) is 11.1. The summed E-state index contributed by atoms with van der Waals surface area (Å²) in [6.45, 7) is 4.87. The summed E-state index contributed by atoms with van der Waals surface area (Å²) < 4.78 is 83.2. The minimum absolute atomic E-state index is 0.0304. The van der Waals surface area contributed by atoms with Gasteiger partial charge in [0.05, 0.1) is 5.92 Å². The Morgan fingerprint density at radius 1 is 0.960 bits per heavy atom. The van der Waals surface area contributed by atoms with Crippen LogP contribution in [0.2, 0.25) is 0 Å². The van der Waals surface area contributed by atoms with Gasteiger partial charge in [0.25, 0.3) is 6.10 Å². The Morgan fingerprint density at radius 3 is 1.76 bits per heavy atom. The Kier molecular flexibility index (Phi) is 6.22. The monoisotopic (exact) mass is 379 g/mol. The van der Waals surface area contributed by atoms with Gasteiger partial charge in [0.2, 0.25) is 0 Å². The molecule has 1 rings (SSSR count). The summed E-state index contributed by atoms with van der Waals surface area (Å²) in [6.07, 6.45) is -16.5. The summed E-state index contributed by atoms with van der Waals surface area (Å²) in [7, 11) is 0. The number of piperidine rings is 1. The third-order valence-electron chi connectivity index (χ3n) is 3.31. The van der Waals surface area contributed by atoms with Gasteiger partial charge in [0.1, 0.15) is 5.60 Å². The van der Waals surface area contributed by atoms with E-state index in [1.807, 2.05) is 0 Å². The van der Waals surface area contributed by atoms with E-state index in [1.165, 1.54) is 4.90 Å². The highest BCUT2D eigenvalue weighted by atomic mass is 19.4. The quantitative estimate of drug-likeness (QED) is 0.543. The molecular weight excluding hydrogens is 360 g/mol. The average Bonchev–Trinajstić information content (AvgIpc) is 2.40. The minimum Gasteiger partial charge on any atom is -0.444 e. The Bertz CT molecular complexity index is 475. The van der Waals surface area contributed by atoms with Gasteiger partial charge in [-0.05, 0) is 33.6 Å². The van der Waals surface area contributed by atoms with Crippen LogP contribution in [0, 0.1) is 5.92 Å². The molecule has 25 heavy (non-hydrogen) atoms. The molecule has 0 aliphatic carbocycles. The maximum atomic E-state index is 12.4. The number of hydrogen-bond acceptors (Lipinski definition) is 4. The molecule has 1 saturated heterocycles. The highest BCUT2D eigenvalue weighted by molar-refractivity contribution is 5.74. The van der Waals surface area contributed by atoms with Crippen LogP contribution in [-0.4, -0.2) is 54.1 Å². The number of alkyl halides is 6. The van der Waals surface area contributed by atoms with Gasteiger partial charge < -0.3 is 14.4 Å². The van der Waals surface area contributed by atoms with Crippen LogP contribution in [0.25, 0.3) is 0 Å². The number of esters is 1. The molecule has 11 heteroatoms. The second-order valence-electron chi connectivity index (χ2n) is 6.64. The molecule has 0 N–H and O–H groups in total. The zero-order valence-electron chi connectivity index (χ0n) is 13.8. The van der Waals surface area contributed by atoms with Crippen molar-refractivity contribution in [2.45, 2.75) is 57.7 Å². The van der Waals surface area contributed by atoms with Crippen molar-refractivity contribution in [1.29, 1.82) is 0 Å². The highest BCUT2D eigenvalue weighted by Gasteiger charge is 2.60. The van der Waals surface area contributed by atoms with E-state index < -0.39 is 42.0 Å². The van der Waals surface area contributed by atoms with E-state index in [2.05, 4.69) is 4.74 Å². The van der Waals surface area contributed by atoms with Crippen molar-refractivity contribution in [3.63, 3.8) is 0 Å². The van der Waals surface area contributed by atoms with Crippen molar-refractivity contribution < 1.29 is 45.4 Å². The van der Waals surface area contributed by atoms with E-state index in [0.29, 0.717) is 0 Å². The van der Waals surface area contributed by atoms with Crippen LogP contribution in [0.3, 0.4) is 0 Å². The van der Waals surface area contributed by atoms with E-state index in [0.717, 1.165) is 0 Å². The van der Waals surface area contributed by atoms with Crippen molar-refractivity contribution in [1.82, 2.24) is 4.90 Å². The SMILES string of the molecule is CC(C)(C)OC(=O)N1CCC(C(=O)OC(C(F)(F)F)C(F)(F)F)CC1. The summed E-state index contributed by atoms with van der Waals surface area (Å²) in [5.41, 5.74) is -0.750.